The van der Waals surface area contributed by atoms with Gasteiger partial charge in [0, 0.05) is 17.6 Å². The van der Waals surface area contributed by atoms with Crippen LogP contribution in [0.15, 0.2) is 84.1 Å². The number of hydrogen-bond donors (Lipinski definition) is 1. The number of hydrogen-bond acceptors (Lipinski definition) is 5. The van der Waals surface area contributed by atoms with Crippen molar-refractivity contribution in [3.63, 3.8) is 0 Å². The molecule has 2 heterocycles. The Morgan fingerprint density at radius 3 is 2.65 bits per heavy atom. The third kappa shape index (κ3) is 5.46. The zero-order valence-corrected chi connectivity index (χ0v) is 17.8. The number of anilines is 1. The molecule has 31 heavy (non-hydrogen) atoms. The van der Waals surface area contributed by atoms with E-state index in [2.05, 4.69) is 20.5 Å². The third-order valence-corrected chi connectivity index (χ3v) is 5.38. The van der Waals surface area contributed by atoms with Gasteiger partial charge in [-0.15, -0.1) is 10.2 Å². The second-order valence-electron chi connectivity index (χ2n) is 6.75. The molecule has 0 aliphatic heterocycles. The van der Waals surface area contributed by atoms with Gasteiger partial charge in [-0.25, -0.2) is 0 Å². The lowest BCUT2D eigenvalue weighted by Crippen LogP contribution is -2.14. The van der Waals surface area contributed by atoms with Gasteiger partial charge in [0.25, 0.3) is 0 Å². The molecule has 6 nitrogen and oxygen atoms in total. The summed E-state index contributed by atoms with van der Waals surface area (Å²) in [6, 6.07) is 23.3. The minimum atomic E-state index is -0.101. The van der Waals surface area contributed by atoms with E-state index < -0.39 is 0 Å². The number of aryl methyl sites for hydroxylation is 1. The van der Waals surface area contributed by atoms with E-state index in [1.807, 2.05) is 96.4 Å². The van der Waals surface area contributed by atoms with Gasteiger partial charge in [-0.05, 0) is 55.0 Å². The second-order valence-corrected chi connectivity index (χ2v) is 7.69. The van der Waals surface area contributed by atoms with Crippen molar-refractivity contribution >= 4 is 35.5 Å². The molecule has 0 atom stereocenters. The molecule has 154 valence electrons. The van der Waals surface area contributed by atoms with Crippen molar-refractivity contribution in [1.29, 1.82) is 0 Å². The van der Waals surface area contributed by atoms with Crippen molar-refractivity contribution in [2.24, 2.45) is 0 Å². The molecule has 7 heteroatoms. The summed E-state index contributed by atoms with van der Waals surface area (Å²) in [6.45, 7) is 1.90. The van der Waals surface area contributed by atoms with Crippen LogP contribution in [-0.4, -0.2) is 31.4 Å². The van der Waals surface area contributed by atoms with Crippen molar-refractivity contribution < 1.29 is 4.79 Å². The summed E-state index contributed by atoms with van der Waals surface area (Å²) >= 11 is 1.36. The first kappa shape index (κ1) is 20.6. The molecule has 4 rings (SSSR count). The van der Waals surface area contributed by atoms with E-state index in [1.54, 1.807) is 6.20 Å². The SMILES string of the molecule is Cc1nnc(SCC(=O)Nc2cccc(C=Cc3ccccn3)c2)n1-c1ccccc1. The highest BCUT2D eigenvalue weighted by atomic mass is 32.2. The van der Waals surface area contributed by atoms with Crippen molar-refractivity contribution in [3.05, 3.63) is 96.1 Å². The van der Waals surface area contributed by atoms with E-state index in [9.17, 15) is 4.79 Å². The first-order valence-corrected chi connectivity index (χ1v) is 10.8. The van der Waals surface area contributed by atoms with E-state index in [1.165, 1.54) is 11.8 Å². The average Bonchev–Trinajstić information content (AvgIpc) is 3.18. The lowest BCUT2D eigenvalue weighted by molar-refractivity contribution is -0.113. The van der Waals surface area contributed by atoms with E-state index in [-0.39, 0.29) is 11.7 Å². The topological polar surface area (TPSA) is 72.7 Å². The monoisotopic (exact) mass is 427 g/mol. The van der Waals surface area contributed by atoms with Crippen LogP contribution in [0.5, 0.6) is 0 Å². The number of nitrogens with zero attached hydrogens (tertiary/aromatic N) is 4. The van der Waals surface area contributed by atoms with Gasteiger partial charge in [0.1, 0.15) is 5.82 Å². The predicted octanol–water partition coefficient (Wildman–Crippen LogP) is 4.87. The Balaban J connectivity index is 1.39. The number of amides is 1. The molecule has 0 saturated heterocycles. The predicted molar refractivity (Wildman–Crippen MR) is 125 cm³/mol. The zero-order valence-electron chi connectivity index (χ0n) is 17.0. The smallest absolute Gasteiger partial charge is 0.234 e. The Kier molecular flexibility index (Phi) is 6.54. The van der Waals surface area contributed by atoms with Crippen LogP contribution in [0.25, 0.3) is 17.8 Å². The van der Waals surface area contributed by atoms with E-state index >= 15 is 0 Å². The van der Waals surface area contributed by atoms with Crippen molar-refractivity contribution in [2.75, 3.05) is 11.1 Å². The average molecular weight is 428 g/mol. The van der Waals surface area contributed by atoms with Crippen molar-refractivity contribution in [2.45, 2.75) is 12.1 Å². The fourth-order valence-electron chi connectivity index (χ4n) is 3.01. The Labute approximate surface area is 185 Å². The van der Waals surface area contributed by atoms with Gasteiger partial charge in [0.15, 0.2) is 5.16 Å². The van der Waals surface area contributed by atoms with Gasteiger partial charge in [0.05, 0.1) is 11.4 Å². The lowest BCUT2D eigenvalue weighted by Gasteiger charge is -2.09. The number of carbonyl (C=O) groups excluding carboxylic acids is 1. The fraction of sp³-hybridized carbons (Fsp3) is 0.0833. The Bertz CT molecular complexity index is 1190. The molecule has 0 fully saturated rings. The Morgan fingerprint density at radius 2 is 1.84 bits per heavy atom. The quantitative estimate of drug-likeness (QED) is 0.426. The maximum absolute atomic E-state index is 12.5. The molecule has 0 radical (unpaired) electrons. The molecular weight excluding hydrogens is 406 g/mol. The lowest BCUT2D eigenvalue weighted by atomic mass is 10.1. The summed E-state index contributed by atoms with van der Waals surface area (Å²) in [4.78, 5) is 16.8. The first-order valence-electron chi connectivity index (χ1n) is 9.78. The number of carbonyl (C=O) groups is 1. The summed E-state index contributed by atoms with van der Waals surface area (Å²) < 4.78 is 1.95. The van der Waals surface area contributed by atoms with E-state index in [0.29, 0.717) is 5.16 Å². The fourth-order valence-corrected chi connectivity index (χ4v) is 3.81. The van der Waals surface area contributed by atoms with Gasteiger partial charge >= 0.3 is 0 Å². The zero-order chi connectivity index (χ0) is 21.5. The van der Waals surface area contributed by atoms with Gasteiger partial charge in [-0.2, -0.15) is 0 Å². The van der Waals surface area contributed by atoms with E-state index in [0.717, 1.165) is 28.5 Å². The van der Waals surface area contributed by atoms with Crippen LogP contribution in [0.4, 0.5) is 5.69 Å². The number of pyridine rings is 1. The molecule has 2 aromatic heterocycles. The molecule has 0 saturated carbocycles. The largest absolute Gasteiger partial charge is 0.325 e. The summed E-state index contributed by atoms with van der Waals surface area (Å²) in [5, 5.41) is 12.0. The number of nitrogens with one attached hydrogen (secondary N) is 1. The molecule has 4 aromatic rings. The highest BCUT2D eigenvalue weighted by Gasteiger charge is 2.13. The molecular formula is C24H21N5OS. The standard InChI is InChI=1S/C24H21N5OS/c1-18-27-28-24(29(18)22-11-3-2-4-12-22)31-17-23(30)26-21-10-7-8-19(16-21)13-14-20-9-5-6-15-25-20/h2-16H,17H2,1H3,(H,26,30). The number of thioether (sulfide) groups is 1. The Hall–Kier alpha value is -3.71. The van der Waals surface area contributed by atoms with Crippen LogP contribution >= 0.6 is 11.8 Å². The summed E-state index contributed by atoms with van der Waals surface area (Å²) in [7, 11) is 0. The third-order valence-electron chi connectivity index (χ3n) is 4.45. The van der Waals surface area contributed by atoms with Gasteiger partial charge in [-0.3, -0.25) is 14.3 Å². The number of rotatable bonds is 7. The summed E-state index contributed by atoms with van der Waals surface area (Å²) in [5.41, 5.74) is 3.58. The molecule has 1 amide bonds. The van der Waals surface area contributed by atoms with Gasteiger partial charge < -0.3 is 5.32 Å². The molecule has 1 N–H and O–H groups in total. The van der Waals surface area contributed by atoms with Crippen LogP contribution in [0.1, 0.15) is 17.1 Å². The number of benzene rings is 2. The van der Waals surface area contributed by atoms with Crippen molar-refractivity contribution in [1.82, 2.24) is 19.7 Å². The molecule has 0 spiro atoms. The minimum absolute atomic E-state index is 0.101. The summed E-state index contributed by atoms with van der Waals surface area (Å²) in [5.74, 6) is 0.913. The first-order chi connectivity index (χ1) is 15.2. The maximum atomic E-state index is 12.5. The highest BCUT2D eigenvalue weighted by molar-refractivity contribution is 7.99. The summed E-state index contributed by atoms with van der Waals surface area (Å²) in [6.07, 6.45) is 5.67. The second kappa shape index (κ2) is 9.86. The van der Waals surface area contributed by atoms with Gasteiger partial charge in [-0.1, -0.05) is 54.2 Å². The Morgan fingerprint density at radius 1 is 1.00 bits per heavy atom. The molecule has 0 aliphatic rings. The number of aromatic nitrogens is 4. The molecule has 0 bridgehead atoms. The maximum Gasteiger partial charge on any atom is 0.234 e. The van der Waals surface area contributed by atoms with Crippen LogP contribution < -0.4 is 5.32 Å². The molecule has 2 aromatic carbocycles. The van der Waals surface area contributed by atoms with E-state index in [4.69, 9.17) is 0 Å². The van der Waals surface area contributed by atoms with Crippen LogP contribution in [0, 0.1) is 6.92 Å². The van der Waals surface area contributed by atoms with Crippen LogP contribution in [0.2, 0.25) is 0 Å². The minimum Gasteiger partial charge on any atom is -0.325 e. The number of para-hydroxylation sites is 1. The highest BCUT2D eigenvalue weighted by Crippen LogP contribution is 2.22. The van der Waals surface area contributed by atoms with Gasteiger partial charge in [0.2, 0.25) is 5.91 Å². The van der Waals surface area contributed by atoms with Crippen molar-refractivity contribution in [3.8, 4) is 5.69 Å². The molecule has 0 aliphatic carbocycles. The van der Waals surface area contributed by atoms with Crippen LogP contribution in [-0.2, 0) is 4.79 Å². The molecule has 0 unspecified atom stereocenters. The normalized spacial score (nSPS) is 11.0. The van der Waals surface area contributed by atoms with Crippen LogP contribution in [0.3, 0.4) is 0 Å².